The maximum atomic E-state index is 13.8. The molecule has 0 aromatic rings. The number of amides is 1. The Morgan fingerprint density at radius 2 is 1.94 bits per heavy atom. The molecule has 3 nitrogen and oxygen atoms in total. The zero-order chi connectivity index (χ0) is 11.4. The predicted octanol–water partition coefficient (Wildman–Crippen LogP) is 0.854. The van der Waals surface area contributed by atoms with Crippen molar-refractivity contribution in [3.63, 3.8) is 0 Å². The van der Waals surface area contributed by atoms with Crippen LogP contribution in [0.4, 0.5) is 8.78 Å². The van der Waals surface area contributed by atoms with Crippen molar-refractivity contribution in [1.82, 2.24) is 10.2 Å². The third kappa shape index (κ3) is 1.24. The maximum Gasteiger partial charge on any atom is 0.274 e. The smallest absolute Gasteiger partial charge is 0.274 e. The zero-order valence-corrected chi connectivity index (χ0v) is 9.14. The van der Waals surface area contributed by atoms with E-state index < -0.39 is 11.3 Å². The first-order chi connectivity index (χ1) is 7.54. The van der Waals surface area contributed by atoms with Gasteiger partial charge in [0.2, 0.25) is 5.91 Å². The Kier molecular flexibility index (Phi) is 2.06. The number of likely N-dealkylation sites (tertiary alicyclic amines) is 1. The zero-order valence-electron chi connectivity index (χ0n) is 9.14. The summed E-state index contributed by atoms with van der Waals surface area (Å²) in [6, 6.07) is 0. The molecule has 0 radical (unpaired) electrons. The largest absolute Gasteiger partial charge is 0.336 e. The van der Waals surface area contributed by atoms with Crippen molar-refractivity contribution in [3.05, 3.63) is 0 Å². The summed E-state index contributed by atoms with van der Waals surface area (Å²) in [5.74, 6) is -2.73. The fourth-order valence-electron chi connectivity index (χ4n) is 2.81. The summed E-state index contributed by atoms with van der Waals surface area (Å²) < 4.78 is 27.6. The van der Waals surface area contributed by atoms with Crippen LogP contribution < -0.4 is 5.32 Å². The molecule has 0 atom stereocenters. The van der Waals surface area contributed by atoms with Crippen molar-refractivity contribution in [2.45, 2.75) is 25.2 Å². The Morgan fingerprint density at radius 3 is 2.31 bits per heavy atom. The summed E-state index contributed by atoms with van der Waals surface area (Å²) in [6.07, 6.45) is 2.83. The third-order valence-corrected chi connectivity index (χ3v) is 4.35. The number of nitrogens with zero attached hydrogens (tertiary/aromatic N) is 1. The van der Waals surface area contributed by atoms with Crippen LogP contribution in [0.25, 0.3) is 0 Å². The highest BCUT2D eigenvalue weighted by Crippen LogP contribution is 2.47. The molecular weight excluding hydrogens is 214 g/mol. The van der Waals surface area contributed by atoms with Gasteiger partial charge in [0.15, 0.2) is 0 Å². The van der Waals surface area contributed by atoms with Gasteiger partial charge in [-0.2, -0.15) is 0 Å². The van der Waals surface area contributed by atoms with E-state index in [1.54, 1.807) is 0 Å². The van der Waals surface area contributed by atoms with Crippen LogP contribution in [0.5, 0.6) is 0 Å². The van der Waals surface area contributed by atoms with Crippen LogP contribution in [0.1, 0.15) is 19.3 Å². The summed E-state index contributed by atoms with van der Waals surface area (Å²) in [6.45, 7) is 0.551. The van der Waals surface area contributed by atoms with Gasteiger partial charge in [0.25, 0.3) is 5.92 Å². The van der Waals surface area contributed by atoms with Crippen LogP contribution in [0.2, 0.25) is 0 Å². The molecule has 2 heterocycles. The Morgan fingerprint density at radius 1 is 1.25 bits per heavy atom. The highest BCUT2D eigenvalue weighted by atomic mass is 19.3. The van der Waals surface area contributed by atoms with E-state index in [1.807, 2.05) is 0 Å². The van der Waals surface area contributed by atoms with Gasteiger partial charge in [-0.25, -0.2) is 8.78 Å². The first kappa shape index (κ1) is 10.4. The first-order valence-corrected chi connectivity index (χ1v) is 5.91. The topological polar surface area (TPSA) is 32.3 Å². The quantitative estimate of drug-likeness (QED) is 0.724. The maximum absolute atomic E-state index is 13.8. The van der Waals surface area contributed by atoms with Gasteiger partial charge >= 0.3 is 0 Å². The van der Waals surface area contributed by atoms with Crippen LogP contribution in [0, 0.1) is 11.3 Å². The molecule has 16 heavy (non-hydrogen) atoms. The number of hydrogen-bond donors (Lipinski definition) is 1. The normalized spacial score (nSPS) is 31.2. The molecule has 3 aliphatic rings. The van der Waals surface area contributed by atoms with E-state index in [0.717, 1.165) is 19.3 Å². The molecule has 2 saturated heterocycles. The molecular formula is C11H16F2N2O. The van der Waals surface area contributed by atoms with Crippen molar-refractivity contribution in [1.29, 1.82) is 0 Å². The van der Waals surface area contributed by atoms with Gasteiger partial charge in [-0.3, -0.25) is 4.79 Å². The van der Waals surface area contributed by atoms with Gasteiger partial charge in [-0.1, -0.05) is 6.42 Å². The molecule has 1 aliphatic carbocycles. The number of carbonyl (C=O) groups is 1. The van der Waals surface area contributed by atoms with Crippen LogP contribution in [-0.2, 0) is 4.79 Å². The highest BCUT2D eigenvalue weighted by molar-refractivity contribution is 5.80. The van der Waals surface area contributed by atoms with Crippen molar-refractivity contribution in [3.8, 4) is 0 Å². The Balaban J connectivity index is 1.73. The Bertz CT molecular complexity index is 324. The fraction of sp³-hybridized carbons (Fsp3) is 0.909. The number of alkyl halides is 2. The average Bonchev–Trinajstić information content (AvgIpc) is 2.32. The summed E-state index contributed by atoms with van der Waals surface area (Å²) in [7, 11) is 0. The molecule has 0 aromatic carbocycles. The van der Waals surface area contributed by atoms with Gasteiger partial charge in [0.1, 0.15) is 0 Å². The number of rotatable bonds is 1. The molecule has 1 spiro atoms. The van der Waals surface area contributed by atoms with Crippen molar-refractivity contribution in [2.75, 3.05) is 26.2 Å². The van der Waals surface area contributed by atoms with Gasteiger partial charge in [0, 0.05) is 25.6 Å². The highest BCUT2D eigenvalue weighted by Gasteiger charge is 2.64. The number of hydrogen-bond acceptors (Lipinski definition) is 2. The second-order valence-corrected chi connectivity index (χ2v) is 5.41. The van der Waals surface area contributed by atoms with Crippen LogP contribution in [-0.4, -0.2) is 42.9 Å². The van der Waals surface area contributed by atoms with Gasteiger partial charge in [-0.15, -0.1) is 0 Å². The first-order valence-electron chi connectivity index (χ1n) is 5.91. The monoisotopic (exact) mass is 230 g/mol. The van der Waals surface area contributed by atoms with Gasteiger partial charge < -0.3 is 10.2 Å². The van der Waals surface area contributed by atoms with Crippen LogP contribution in [0.3, 0.4) is 0 Å². The second-order valence-electron chi connectivity index (χ2n) is 5.41. The molecule has 5 heteroatoms. The molecule has 1 saturated carbocycles. The van der Waals surface area contributed by atoms with E-state index in [0.29, 0.717) is 13.1 Å². The molecule has 1 amide bonds. The van der Waals surface area contributed by atoms with Crippen molar-refractivity contribution in [2.24, 2.45) is 11.3 Å². The predicted molar refractivity (Wildman–Crippen MR) is 54.2 cm³/mol. The van der Waals surface area contributed by atoms with Crippen LogP contribution >= 0.6 is 0 Å². The minimum atomic E-state index is -2.71. The van der Waals surface area contributed by atoms with Gasteiger partial charge in [-0.05, 0) is 12.8 Å². The number of carbonyl (C=O) groups excluding carboxylic acids is 1. The third-order valence-electron chi connectivity index (χ3n) is 4.35. The molecule has 0 unspecified atom stereocenters. The Hall–Kier alpha value is -0.710. The van der Waals surface area contributed by atoms with E-state index in [2.05, 4.69) is 5.32 Å². The lowest BCUT2D eigenvalue weighted by Crippen LogP contribution is -2.62. The van der Waals surface area contributed by atoms with E-state index >= 15 is 0 Å². The fourth-order valence-corrected chi connectivity index (χ4v) is 2.81. The SMILES string of the molecule is O=C(C1CCC1)N1CC(F)(F)C2(CNC2)C1. The van der Waals surface area contributed by atoms with Crippen molar-refractivity contribution < 1.29 is 13.6 Å². The van der Waals surface area contributed by atoms with E-state index in [-0.39, 0.29) is 24.9 Å². The minimum absolute atomic E-state index is 0.0268. The molecule has 0 bridgehead atoms. The summed E-state index contributed by atoms with van der Waals surface area (Å²) >= 11 is 0. The lowest BCUT2D eigenvalue weighted by molar-refractivity contribution is -0.138. The summed E-state index contributed by atoms with van der Waals surface area (Å²) in [5, 5.41) is 2.90. The van der Waals surface area contributed by atoms with Gasteiger partial charge in [0.05, 0.1) is 12.0 Å². The van der Waals surface area contributed by atoms with Crippen LogP contribution in [0.15, 0.2) is 0 Å². The molecule has 1 N–H and O–H groups in total. The average molecular weight is 230 g/mol. The Labute approximate surface area is 93.2 Å². The lowest BCUT2D eigenvalue weighted by Gasteiger charge is -2.42. The molecule has 0 aromatic heterocycles. The number of nitrogens with one attached hydrogen (secondary N) is 1. The molecule has 3 fully saturated rings. The summed E-state index contributed by atoms with van der Waals surface area (Å²) in [5.41, 5.74) is -0.966. The molecule has 2 aliphatic heterocycles. The standard InChI is InChI=1S/C11H16F2N2O/c12-11(13)7-15(6-10(11)4-14-5-10)9(16)8-2-1-3-8/h8,14H,1-7H2. The van der Waals surface area contributed by atoms with E-state index in [4.69, 9.17) is 0 Å². The molecule has 3 rings (SSSR count). The van der Waals surface area contributed by atoms with E-state index in [1.165, 1.54) is 4.90 Å². The second kappa shape index (κ2) is 3.15. The summed E-state index contributed by atoms with van der Waals surface area (Å²) in [4.78, 5) is 13.3. The van der Waals surface area contributed by atoms with E-state index in [9.17, 15) is 13.6 Å². The minimum Gasteiger partial charge on any atom is -0.336 e. The van der Waals surface area contributed by atoms with Crippen molar-refractivity contribution >= 4 is 5.91 Å². The number of halogens is 2. The molecule has 90 valence electrons. The lowest BCUT2D eigenvalue weighted by atomic mass is 9.78.